The summed E-state index contributed by atoms with van der Waals surface area (Å²) in [5.41, 5.74) is 1.53. The third-order valence-corrected chi connectivity index (χ3v) is 3.02. The number of nitrogens with zero attached hydrogens (tertiary/aromatic N) is 2. The van der Waals surface area contributed by atoms with Crippen LogP contribution in [0.25, 0.3) is 6.08 Å². The van der Waals surface area contributed by atoms with E-state index in [1.807, 2.05) is 36.4 Å². The SMILES string of the molecule is COC(=O)/C(C#N)=C\c1ccccc1.COC(=O)CC#N.O=Cc1ccccc1. The lowest BCUT2D eigenvalue weighted by atomic mass is 10.1. The number of carbonyl (C=O) groups excluding carboxylic acids is 3. The van der Waals surface area contributed by atoms with Gasteiger partial charge in [-0.25, -0.2) is 4.79 Å². The van der Waals surface area contributed by atoms with Crippen LogP contribution in [0.1, 0.15) is 22.3 Å². The topological polar surface area (TPSA) is 117 Å². The van der Waals surface area contributed by atoms with Crippen molar-refractivity contribution >= 4 is 24.3 Å². The molecule has 0 aliphatic rings. The lowest BCUT2D eigenvalue weighted by Crippen LogP contribution is -2.02. The molecule has 148 valence electrons. The number of hydrogen-bond donors (Lipinski definition) is 0. The van der Waals surface area contributed by atoms with Crippen molar-refractivity contribution in [2.24, 2.45) is 0 Å². The fourth-order valence-electron chi connectivity index (χ4n) is 1.63. The first kappa shape index (κ1) is 24.8. The summed E-state index contributed by atoms with van der Waals surface area (Å²) >= 11 is 0. The van der Waals surface area contributed by atoms with Crippen molar-refractivity contribution in [2.45, 2.75) is 6.42 Å². The molecule has 2 rings (SSSR count). The van der Waals surface area contributed by atoms with E-state index < -0.39 is 11.9 Å². The van der Waals surface area contributed by atoms with Gasteiger partial charge >= 0.3 is 11.9 Å². The third-order valence-electron chi connectivity index (χ3n) is 3.02. The number of hydrogen-bond acceptors (Lipinski definition) is 7. The fourth-order valence-corrected chi connectivity index (χ4v) is 1.63. The first-order chi connectivity index (χ1) is 14.0. The van der Waals surface area contributed by atoms with E-state index in [0.717, 1.165) is 17.4 Å². The molecule has 0 radical (unpaired) electrons. The lowest BCUT2D eigenvalue weighted by molar-refractivity contribution is -0.139. The van der Waals surface area contributed by atoms with Crippen LogP contribution in [0, 0.1) is 22.7 Å². The first-order valence-corrected chi connectivity index (χ1v) is 8.21. The summed E-state index contributed by atoms with van der Waals surface area (Å²) in [6.45, 7) is 0. The van der Waals surface area contributed by atoms with Gasteiger partial charge in [0.15, 0.2) is 0 Å². The minimum atomic E-state index is -0.614. The molecular formula is C22H20N2O5. The Morgan fingerprint density at radius 1 is 0.897 bits per heavy atom. The van der Waals surface area contributed by atoms with E-state index in [0.29, 0.717) is 0 Å². The quantitative estimate of drug-likeness (QED) is 0.339. The number of carbonyl (C=O) groups is 3. The lowest BCUT2D eigenvalue weighted by Gasteiger charge is -1.96. The maximum absolute atomic E-state index is 11.0. The Labute approximate surface area is 169 Å². The van der Waals surface area contributed by atoms with Gasteiger partial charge in [-0.05, 0) is 11.6 Å². The first-order valence-electron chi connectivity index (χ1n) is 8.21. The second-order valence-corrected chi connectivity index (χ2v) is 5.01. The van der Waals surface area contributed by atoms with Crippen LogP contribution in [0.3, 0.4) is 0 Å². The van der Waals surface area contributed by atoms with E-state index >= 15 is 0 Å². The normalized spacial score (nSPS) is 9.03. The Hall–Kier alpha value is -4.23. The summed E-state index contributed by atoms with van der Waals surface area (Å²) in [4.78, 5) is 31.0. The molecule has 0 heterocycles. The summed E-state index contributed by atoms with van der Waals surface area (Å²) in [6.07, 6.45) is 2.17. The average molecular weight is 392 g/mol. The molecule has 7 heteroatoms. The molecule has 0 bridgehead atoms. The van der Waals surface area contributed by atoms with Gasteiger partial charge in [-0.2, -0.15) is 10.5 Å². The highest BCUT2D eigenvalue weighted by atomic mass is 16.5. The Balaban J connectivity index is 0.000000444. The average Bonchev–Trinajstić information content (AvgIpc) is 2.79. The molecule has 7 nitrogen and oxygen atoms in total. The number of benzene rings is 2. The van der Waals surface area contributed by atoms with Gasteiger partial charge in [0.2, 0.25) is 0 Å². The zero-order chi connectivity index (χ0) is 21.9. The van der Waals surface area contributed by atoms with Crippen molar-refractivity contribution in [1.82, 2.24) is 0 Å². The maximum Gasteiger partial charge on any atom is 0.348 e. The van der Waals surface area contributed by atoms with Gasteiger partial charge in [0, 0.05) is 5.56 Å². The second-order valence-electron chi connectivity index (χ2n) is 5.01. The zero-order valence-electron chi connectivity index (χ0n) is 16.1. The molecule has 0 saturated carbocycles. The molecule has 0 unspecified atom stereocenters. The van der Waals surface area contributed by atoms with E-state index in [1.54, 1.807) is 36.4 Å². The van der Waals surface area contributed by atoms with E-state index in [9.17, 15) is 14.4 Å². The molecule has 2 aromatic carbocycles. The van der Waals surface area contributed by atoms with E-state index in [4.69, 9.17) is 10.5 Å². The number of methoxy groups -OCH3 is 2. The molecule has 0 fully saturated rings. The Morgan fingerprint density at radius 2 is 1.41 bits per heavy atom. The molecule has 0 amide bonds. The zero-order valence-corrected chi connectivity index (χ0v) is 16.1. The van der Waals surface area contributed by atoms with Crippen LogP contribution in [-0.4, -0.2) is 32.4 Å². The molecule has 0 aliphatic heterocycles. The molecular weight excluding hydrogens is 372 g/mol. The van der Waals surface area contributed by atoms with Crippen LogP contribution in [0.15, 0.2) is 66.2 Å². The van der Waals surface area contributed by atoms with E-state index in [-0.39, 0.29) is 12.0 Å². The van der Waals surface area contributed by atoms with Gasteiger partial charge in [0.1, 0.15) is 24.3 Å². The van der Waals surface area contributed by atoms with Crippen LogP contribution in [0.5, 0.6) is 0 Å². The van der Waals surface area contributed by atoms with Crippen molar-refractivity contribution in [3.63, 3.8) is 0 Å². The van der Waals surface area contributed by atoms with Gasteiger partial charge in [0.25, 0.3) is 0 Å². The van der Waals surface area contributed by atoms with E-state index in [2.05, 4.69) is 9.47 Å². The summed E-state index contributed by atoms with van der Waals surface area (Å²) in [6, 6.07) is 21.7. The van der Waals surface area contributed by atoms with Crippen LogP contribution in [0.4, 0.5) is 0 Å². The van der Waals surface area contributed by atoms with Crippen molar-refractivity contribution in [3.05, 3.63) is 77.4 Å². The van der Waals surface area contributed by atoms with Gasteiger partial charge in [-0.3, -0.25) is 9.59 Å². The monoisotopic (exact) mass is 392 g/mol. The Bertz CT molecular complexity index is 879. The molecule has 0 atom stereocenters. The Morgan fingerprint density at radius 3 is 1.72 bits per heavy atom. The third kappa shape index (κ3) is 11.9. The smallest absolute Gasteiger partial charge is 0.348 e. The number of nitriles is 2. The van der Waals surface area contributed by atoms with Crippen molar-refractivity contribution < 1.29 is 23.9 Å². The van der Waals surface area contributed by atoms with Crippen molar-refractivity contribution in [2.75, 3.05) is 14.2 Å². The number of rotatable bonds is 4. The Kier molecular flexibility index (Phi) is 13.6. The standard InChI is InChI=1S/C11H9NO2.C7H6O.C4H5NO2/c1-14-11(13)10(8-12)7-9-5-3-2-4-6-9;8-6-7-4-2-1-3-5-7;1-7-4(6)2-3-5/h2-7H,1H3;1-6H;2H2,1H3/b10-7-;;. The molecule has 0 aliphatic carbocycles. The summed E-state index contributed by atoms with van der Waals surface area (Å²) in [5.74, 6) is -1.10. The molecule has 0 spiro atoms. The fraction of sp³-hybridized carbons (Fsp3) is 0.136. The van der Waals surface area contributed by atoms with Gasteiger partial charge < -0.3 is 9.47 Å². The molecule has 0 aromatic heterocycles. The van der Waals surface area contributed by atoms with E-state index in [1.165, 1.54) is 20.3 Å². The molecule has 29 heavy (non-hydrogen) atoms. The number of aldehydes is 1. The van der Waals surface area contributed by atoms with Crippen LogP contribution in [-0.2, 0) is 19.1 Å². The summed E-state index contributed by atoms with van der Waals surface area (Å²) in [5, 5.41) is 16.5. The largest absolute Gasteiger partial charge is 0.468 e. The number of esters is 2. The molecule has 0 saturated heterocycles. The minimum Gasteiger partial charge on any atom is -0.468 e. The van der Waals surface area contributed by atoms with Gasteiger partial charge in [-0.1, -0.05) is 60.7 Å². The predicted octanol–water partition coefficient (Wildman–Crippen LogP) is 3.34. The minimum absolute atomic E-state index is 0.00120. The van der Waals surface area contributed by atoms with Crippen LogP contribution < -0.4 is 0 Å². The highest BCUT2D eigenvalue weighted by Crippen LogP contribution is 2.06. The predicted molar refractivity (Wildman–Crippen MR) is 106 cm³/mol. The van der Waals surface area contributed by atoms with Gasteiger partial charge in [0.05, 0.1) is 20.3 Å². The second kappa shape index (κ2) is 16.0. The highest BCUT2D eigenvalue weighted by molar-refractivity contribution is 5.97. The maximum atomic E-state index is 11.0. The highest BCUT2D eigenvalue weighted by Gasteiger charge is 2.07. The summed E-state index contributed by atoms with van der Waals surface area (Å²) < 4.78 is 8.57. The summed E-state index contributed by atoms with van der Waals surface area (Å²) in [7, 11) is 2.50. The molecule has 2 aromatic rings. The van der Waals surface area contributed by atoms with Crippen molar-refractivity contribution in [1.29, 1.82) is 10.5 Å². The number of ether oxygens (including phenoxy) is 2. The van der Waals surface area contributed by atoms with Crippen molar-refractivity contribution in [3.8, 4) is 12.1 Å². The van der Waals surface area contributed by atoms with Crippen LogP contribution >= 0.6 is 0 Å². The van der Waals surface area contributed by atoms with Crippen LogP contribution in [0.2, 0.25) is 0 Å². The van der Waals surface area contributed by atoms with Gasteiger partial charge in [-0.15, -0.1) is 0 Å². The molecule has 0 N–H and O–H groups in total.